The van der Waals surface area contributed by atoms with Gasteiger partial charge in [-0.05, 0) is 0 Å². The molecule has 0 atom stereocenters. The van der Waals surface area contributed by atoms with Gasteiger partial charge in [0.2, 0.25) is 0 Å². The van der Waals surface area contributed by atoms with Gasteiger partial charge in [0.1, 0.15) is 0 Å². The molecule has 0 amide bonds. The fourth-order valence-electron chi connectivity index (χ4n) is 1.54. The fraction of sp³-hybridized carbons (Fsp3) is 0. The van der Waals surface area contributed by atoms with Crippen LogP contribution in [0.25, 0.3) is 10.8 Å². The molecule has 2 aromatic rings. The summed E-state index contributed by atoms with van der Waals surface area (Å²) in [7, 11) is 0. The molecule has 0 heterocycles. The maximum atomic E-state index is 6.06. The molecule has 0 aromatic heterocycles. The average molecular weight is 542 g/mol. The van der Waals surface area contributed by atoms with Crippen LogP contribution in [0.15, 0.2) is 30.3 Å². The van der Waals surface area contributed by atoms with Crippen LogP contribution in [0.5, 0.6) is 0 Å². The average Bonchev–Trinajstić information content (AvgIpc) is 2.15. The number of benzene rings is 2. The van der Waals surface area contributed by atoms with E-state index in [0.717, 1.165) is 5.69 Å². The van der Waals surface area contributed by atoms with Gasteiger partial charge in [0.15, 0.2) is 0 Å². The fourth-order valence-corrected chi connectivity index (χ4v) is 9.75. The molecule has 2 rings (SSSR count). The Morgan fingerprint density at radius 2 is 1.54 bits per heavy atom. The third-order valence-electron chi connectivity index (χ3n) is 2.26. The normalized spacial score (nSPS) is 10.8. The van der Waals surface area contributed by atoms with Crippen LogP contribution < -0.4 is 11.9 Å². The minimum absolute atomic E-state index is 0.638. The van der Waals surface area contributed by atoms with Crippen molar-refractivity contribution in [1.82, 2.24) is 0 Å². The van der Waals surface area contributed by atoms with Crippen molar-refractivity contribution in [2.24, 2.45) is 0 Å². The van der Waals surface area contributed by atoms with E-state index in [-0.39, 0.29) is 0 Å². The molecule has 3 heteroatoms. The Morgan fingerprint density at radius 3 is 2.23 bits per heavy atom. The Balaban J connectivity index is 2.97. The molecule has 0 bridgehead atoms. The second-order valence-corrected chi connectivity index (χ2v) is 9.08. The topological polar surface area (TPSA) is 26.0 Å². The Labute approximate surface area is 110 Å². The number of hydrogen-bond donors (Lipinski definition) is 1. The van der Waals surface area contributed by atoms with Crippen molar-refractivity contribution in [3.05, 3.63) is 30.3 Å². The predicted octanol–water partition coefficient (Wildman–Crippen LogP) is 0.766. The van der Waals surface area contributed by atoms with E-state index in [2.05, 4.69) is 30.3 Å². The third kappa shape index (κ3) is 1.78. The Morgan fingerprint density at radius 1 is 0.923 bits per heavy atom. The summed E-state index contributed by atoms with van der Waals surface area (Å²) in [5, 5.41) is 2.64. The van der Waals surface area contributed by atoms with E-state index < -0.39 is 0 Å². The quantitative estimate of drug-likeness (QED) is 0.387. The molecule has 0 saturated carbocycles. The molecule has 0 saturated heterocycles. The van der Waals surface area contributed by atoms with Crippen LogP contribution in [0, 0.1) is 0 Å². The molecular weight excluding hydrogens is 535 g/mol. The number of nitrogen functional groups attached to an aromatic ring is 1. The van der Waals surface area contributed by atoms with Crippen molar-refractivity contribution >= 4 is 22.6 Å². The summed E-state index contributed by atoms with van der Waals surface area (Å²) in [5.41, 5.74) is 7.08. The van der Waals surface area contributed by atoms with Crippen LogP contribution >= 0.6 is 0 Å². The number of anilines is 1. The minimum atomic E-state index is 0.638. The summed E-state index contributed by atoms with van der Waals surface area (Å²) in [6.45, 7) is 0. The summed E-state index contributed by atoms with van der Waals surface area (Å²) < 4.78 is 2.94. The van der Waals surface area contributed by atoms with E-state index in [4.69, 9.17) is 5.73 Å². The first-order valence-corrected chi connectivity index (χ1v) is 9.65. The second-order valence-electron chi connectivity index (χ2n) is 3.15. The van der Waals surface area contributed by atoms with Gasteiger partial charge in [-0.2, -0.15) is 0 Å². The zero-order chi connectivity index (χ0) is 9.42. The monoisotopic (exact) mass is 545 g/mol. The molecule has 0 radical (unpaired) electrons. The van der Waals surface area contributed by atoms with E-state index in [1.807, 2.05) is 0 Å². The molecule has 2 aromatic carbocycles. The predicted molar refractivity (Wildman–Crippen MR) is 47.6 cm³/mol. The Bertz CT molecular complexity index is 466. The molecule has 0 aliphatic heterocycles. The summed E-state index contributed by atoms with van der Waals surface area (Å²) in [4.78, 5) is 0. The number of fused-ring (bicyclic) bond motifs is 1. The molecular formula is C10H7Hg2N. The summed E-state index contributed by atoms with van der Waals surface area (Å²) in [6, 6.07) is 10.8. The Kier molecular flexibility index (Phi) is 2.94. The van der Waals surface area contributed by atoms with E-state index in [0.29, 0.717) is 52.2 Å². The number of rotatable bonds is 0. The van der Waals surface area contributed by atoms with Gasteiger partial charge in [-0.3, -0.25) is 0 Å². The van der Waals surface area contributed by atoms with Gasteiger partial charge >= 0.3 is 111 Å². The molecule has 0 aliphatic rings. The number of hydrogen-bond acceptors (Lipinski definition) is 1. The van der Waals surface area contributed by atoms with E-state index in [9.17, 15) is 0 Å². The van der Waals surface area contributed by atoms with Crippen LogP contribution in [-0.2, 0) is 52.2 Å². The van der Waals surface area contributed by atoms with Gasteiger partial charge in [0.05, 0.1) is 0 Å². The third-order valence-corrected chi connectivity index (χ3v) is 6.81. The zero-order valence-electron chi connectivity index (χ0n) is 7.38. The maximum absolute atomic E-state index is 6.06. The van der Waals surface area contributed by atoms with Gasteiger partial charge in [-0.15, -0.1) is 0 Å². The van der Waals surface area contributed by atoms with Crippen molar-refractivity contribution in [1.29, 1.82) is 0 Å². The molecule has 56 valence electrons. The van der Waals surface area contributed by atoms with Gasteiger partial charge < -0.3 is 0 Å². The molecule has 0 fully saturated rings. The molecule has 1 nitrogen and oxygen atoms in total. The van der Waals surface area contributed by atoms with Gasteiger partial charge in [-0.25, -0.2) is 0 Å². The van der Waals surface area contributed by atoms with Crippen molar-refractivity contribution in [3.8, 4) is 0 Å². The van der Waals surface area contributed by atoms with Crippen LogP contribution in [0.1, 0.15) is 0 Å². The van der Waals surface area contributed by atoms with E-state index >= 15 is 0 Å². The SMILES string of the molecule is Nc1[c]([Hg])c[c]([Hg])c2ccccc12. The Hall–Kier alpha value is 0.370. The summed E-state index contributed by atoms with van der Waals surface area (Å²) >= 11 is 1.33. The van der Waals surface area contributed by atoms with Crippen LogP contribution in [0.4, 0.5) is 5.69 Å². The molecule has 0 spiro atoms. The van der Waals surface area contributed by atoms with Gasteiger partial charge in [0.25, 0.3) is 0 Å². The van der Waals surface area contributed by atoms with Crippen molar-refractivity contribution in [2.75, 3.05) is 5.73 Å². The molecule has 0 aliphatic carbocycles. The molecule has 2 N–H and O–H groups in total. The zero-order valence-corrected chi connectivity index (χ0v) is 18.4. The molecule has 13 heavy (non-hydrogen) atoms. The van der Waals surface area contributed by atoms with Gasteiger partial charge in [-0.1, -0.05) is 0 Å². The summed E-state index contributed by atoms with van der Waals surface area (Å²) in [6.07, 6.45) is 0. The van der Waals surface area contributed by atoms with Crippen molar-refractivity contribution < 1.29 is 52.2 Å². The first kappa shape index (κ1) is 9.91. The first-order valence-electron chi connectivity index (χ1n) is 4.15. The van der Waals surface area contributed by atoms with Gasteiger partial charge in [0, 0.05) is 0 Å². The van der Waals surface area contributed by atoms with E-state index in [1.165, 1.54) is 16.9 Å². The van der Waals surface area contributed by atoms with Crippen LogP contribution in [0.2, 0.25) is 0 Å². The number of nitrogens with two attached hydrogens (primary N) is 1. The standard InChI is InChI=1S/C10H7N.2Hg/c11-10-7-3-5-8-4-1-2-6-9(8)10;;/h1-4,6H,11H2;;. The van der Waals surface area contributed by atoms with Crippen molar-refractivity contribution in [3.63, 3.8) is 0 Å². The van der Waals surface area contributed by atoms with Crippen molar-refractivity contribution in [2.45, 2.75) is 0 Å². The van der Waals surface area contributed by atoms with Crippen LogP contribution in [-0.4, -0.2) is 0 Å². The second kappa shape index (κ2) is 3.85. The molecule has 0 unspecified atom stereocenters. The van der Waals surface area contributed by atoms with E-state index in [1.54, 1.807) is 0 Å². The summed E-state index contributed by atoms with van der Waals surface area (Å²) in [5.74, 6) is 0. The van der Waals surface area contributed by atoms with Crippen LogP contribution in [0.3, 0.4) is 0 Å². The first-order chi connectivity index (χ1) is 6.20.